The number of rotatable bonds is 1. The summed E-state index contributed by atoms with van der Waals surface area (Å²) in [5, 5.41) is 0. The Morgan fingerprint density at radius 2 is 1.77 bits per heavy atom. The van der Waals surface area contributed by atoms with Crippen molar-refractivity contribution in [2.45, 2.75) is 0 Å². The number of carbonyl (C=O) groups is 2. The van der Waals surface area contributed by atoms with Crippen molar-refractivity contribution in [1.29, 1.82) is 0 Å². The van der Waals surface area contributed by atoms with Gasteiger partial charge in [-0.25, -0.2) is 0 Å². The Bertz CT molecular complexity index is 228. The van der Waals surface area contributed by atoms with E-state index >= 15 is 0 Å². The molecule has 0 bridgehead atoms. The minimum absolute atomic E-state index is 0.350. The van der Waals surface area contributed by atoms with E-state index in [1.165, 1.54) is 0 Å². The summed E-state index contributed by atoms with van der Waals surface area (Å²) in [6.45, 7) is 3.67. The van der Waals surface area contributed by atoms with E-state index < -0.39 is 0 Å². The van der Waals surface area contributed by atoms with Gasteiger partial charge >= 0.3 is 0 Å². The van der Waals surface area contributed by atoms with Crippen LogP contribution in [0.3, 0.4) is 0 Å². The molecule has 2 unspecified atom stereocenters. The fourth-order valence-electron chi connectivity index (χ4n) is 2.48. The van der Waals surface area contributed by atoms with Crippen LogP contribution >= 0.6 is 0 Å². The molecule has 0 N–H and O–H groups in total. The minimum atomic E-state index is -0.350. The lowest BCUT2D eigenvalue weighted by Crippen LogP contribution is -2.32. The van der Waals surface area contributed by atoms with E-state index in [1.54, 1.807) is 4.90 Å². The molecular formula is C9H14N2O2. The molecule has 0 spiro atoms. The molecule has 2 rings (SSSR count). The quantitative estimate of drug-likeness (QED) is 0.394. The number of likely N-dealkylation sites (tertiary alicyclic amines) is 2. The van der Waals surface area contributed by atoms with Crippen molar-refractivity contribution >= 4 is 12.2 Å². The summed E-state index contributed by atoms with van der Waals surface area (Å²) in [5.74, 6) is 0.833. The summed E-state index contributed by atoms with van der Waals surface area (Å²) in [7, 11) is 2.10. The SMILES string of the molecule is CN1CC2CN(C(=O)C=O)CC2C1. The Labute approximate surface area is 77.5 Å². The van der Waals surface area contributed by atoms with Gasteiger partial charge in [-0.15, -0.1) is 0 Å². The standard InChI is InChI=1S/C9H14N2O2/c1-10-2-7-4-11(9(13)6-12)5-8(7)3-10/h6-8H,2-5H2,1H3. The first-order valence-corrected chi connectivity index (χ1v) is 4.63. The van der Waals surface area contributed by atoms with E-state index in [1.807, 2.05) is 0 Å². The van der Waals surface area contributed by atoms with Gasteiger partial charge in [0.25, 0.3) is 5.91 Å². The first-order valence-electron chi connectivity index (χ1n) is 4.63. The molecule has 0 radical (unpaired) electrons. The molecule has 0 aromatic rings. The second kappa shape index (κ2) is 3.10. The molecule has 13 heavy (non-hydrogen) atoms. The predicted octanol–water partition coefficient (Wildman–Crippen LogP) is -0.795. The van der Waals surface area contributed by atoms with Crippen LogP contribution in [0.4, 0.5) is 0 Å². The van der Waals surface area contributed by atoms with E-state index in [-0.39, 0.29) is 5.91 Å². The lowest BCUT2D eigenvalue weighted by atomic mass is 10.0. The lowest BCUT2D eigenvalue weighted by molar-refractivity contribution is -0.138. The zero-order chi connectivity index (χ0) is 9.42. The van der Waals surface area contributed by atoms with E-state index in [4.69, 9.17) is 0 Å². The van der Waals surface area contributed by atoms with Crippen LogP contribution < -0.4 is 0 Å². The van der Waals surface area contributed by atoms with Crippen LogP contribution in [0, 0.1) is 11.8 Å². The van der Waals surface area contributed by atoms with E-state index in [2.05, 4.69) is 11.9 Å². The van der Waals surface area contributed by atoms with Crippen LogP contribution in [0.1, 0.15) is 0 Å². The molecule has 2 aliphatic rings. The number of hydrogen-bond acceptors (Lipinski definition) is 3. The molecule has 0 aromatic carbocycles. The van der Waals surface area contributed by atoms with Crippen molar-refractivity contribution in [2.75, 3.05) is 33.2 Å². The molecule has 2 saturated heterocycles. The van der Waals surface area contributed by atoms with Gasteiger partial charge in [-0.05, 0) is 18.9 Å². The smallest absolute Gasteiger partial charge is 0.286 e. The predicted molar refractivity (Wildman–Crippen MR) is 47.1 cm³/mol. The van der Waals surface area contributed by atoms with Crippen molar-refractivity contribution in [3.8, 4) is 0 Å². The maximum absolute atomic E-state index is 11.1. The number of nitrogens with zero attached hydrogens (tertiary/aromatic N) is 2. The van der Waals surface area contributed by atoms with Crippen molar-refractivity contribution in [3.05, 3.63) is 0 Å². The average molecular weight is 182 g/mol. The summed E-state index contributed by atoms with van der Waals surface area (Å²) >= 11 is 0. The van der Waals surface area contributed by atoms with Gasteiger partial charge < -0.3 is 9.80 Å². The molecule has 0 saturated carbocycles. The molecular weight excluding hydrogens is 168 g/mol. The van der Waals surface area contributed by atoms with Crippen molar-refractivity contribution < 1.29 is 9.59 Å². The monoisotopic (exact) mass is 182 g/mol. The molecule has 2 atom stereocenters. The van der Waals surface area contributed by atoms with Gasteiger partial charge in [0.1, 0.15) is 0 Å². The van der Waals surface area contributed by atoms with Gasteiger partial charge in [-0.1, -0.05) is 0 Å². The molecule has 2 heterocycles. The zero-order valence-corrected chi connectivity index (χ0v) is 7.77. The highest BCUT2D eigenvalue weighted by molar-refractivity contribution is 6.23. The molecule has 0 aromatic heterocycles. The minimum Gasteiger partial charge on any atom is -0.336 e. The first kappa shape index (κ1) is 8.69. The lowest BCUT2D eigenvalue weighted by Gasteiger charge is -2.16. The van der Waals surface area contributed by atoms with E-state index in [0.29, 0.717) is 18.1 Å². The normalized spacial score (nSPS) is 33.5. The van der Waals surface area contributed by atoms with Gasteiger partial charge in [-0.3, -0.25) is 9.59 Å². The molecule has 72 valence electrons. The number of amides is 1. The Hall–Kier alpha value is -0.900. The van der Waals surface area contributed by atoms with Crippen LogP contribution in [0.25, 0.3) is 0 Å². The topological polar surface area (TPSA) is 40.6 Å². The second-order valence-corrected chi connectivity index (χ2v) is 4.10. The van der Waals surface area contributed by atoms with Crippen LogP contribution in [-0.2, 0) is 9.59 Å². The molecule has 0 aliphatic carbocycles. The largest absolute Gasteiger partial charge is 0.336 e. The molecule has 2 fully saturated rings. The zero-order valence-electron chi connectivity index (χ0n) is 7.77. The highest BCUT2D eigenvalue weighted by Gasteiger charge is 2.39. The van der Waals surface area contributed by atoms with Gasteiger partial charge in [0, 0.05) is 26.2 Å². The Kier molecular flexibility index (Phi) is 2.07. The Balaban J connectivity index is 1.97. The third-order valence-electron chi connectivity index (χ3n) is 3.08. The van der Waals surface area contributed by atoms with Gasteiger partial charge in [-0.2, -0.15) is 0 Å². The summed E-state index contributed by atoms with van der Waals surface area (Å²) in [4.78, 5) is 25.3. The second-order valence-electron chi connectivity index (χ2n) is 4.10. The summed E-state index contributed by atoms with van der Waals surface area (Å²) in [5.41, 5.74) is 0. The van der Waals surface area contributed by atoms with Crippen molar-refractivity contribution in [3.63, 3.8) is 0 Å². The van der Waals surface area contributed by atoms with Crippen molar-refractivity contribution in [1.82, 2.24) is 9.80 Å². The molecule has 1 amide bonds. The molecule has 4 heteroatoms. The Morgan fingerprint density at radius 3 is 2.23 bits per heavy atom. The number of hydrogen-bond donors (Lipinski definition) is 0. The third kappa shape index (κ3) is 1.46. The van der Waals surface area contributed by atoms with Crippen LogP contribution in [0.2, 0.25) is 0 Å². The average Bonchev–Trinajstić information content (AvgIpc) is 2.59. The van der Waals surface area contributed by atoms with Gasteiger partial charge in [0.15, 0.2) is 0 Å². The van der Waals surface area contributed by atoms with E-state index in [9.17, 15) is 9.59 Å². The number of fused-ring (bicyclic) bond motifs is 1. The highest BCUT2D eigenvalue weighted by atomic mass is 16.2. The summed E-state index contributed by atoms with van der Waals surface area (Å²) in [6, 6.07) is 0. The third-order valence-corrected chi connectivity index (χ3v) is 3.08. The molecule has 4 nitrogen and oxygen atoms in total. The van der Waals surface area contributed by atoms with Gasteiger partial charge in [0.2, 0.25) is 6.29 Å². The van der Waals surface area contributed by atoms with Crippen LogP contribution in [0.5, 0.6) is 0 Å². The molecule has 2 aliphatic heterocycles. The highest BCUT2D eigenvalue weighted by Crippen LogP contribution is 2.29. The Morgan fingerprint density at radius 1 is 1.23 bits per heavy atom. The van der Waals surface area contributed by atoms with Crippen LogP contribution in [-0.4, -0.2) is 55.2 Å². The maximum atomic E-state index is 11.1. The number of aldehydes is 1. The maximum Gasteiger partial charge on any atom is 0.286 e. The summed E-state index contributed by atoms with van der Waals surface area (Å²) < 4.78 is 0. The fraction of sp³-hybridized carbons (Fsp3) is 0.778. The number of carbonyl (C=O) groups excluding carboxylic acids is 2. The van der Waals surface area contributed by atoms with Crippen LogP contribution in [0.15, 0.2) is 0 Å². The van der Waals surface area contributed by atoms with Crippen molar-refractivity contribution in [2.24, 2.45) is 11.8 Å². The van der Waals surface area contributed by atoms with Gasteiger partial charge in [0.05, 0.1) is 0 Å². The first-order chi connectivity index (χ1) is 6.20. The fourth-order valence-corrected chi connectivity index (χ4v) is 2.48. The van der Waals surface area contributed by atoms with E-state index in [0.717, 1.165) is 26.2 Å². The summed E-state index contributed by atoms with van der Waals surface area (Å²) in [6.07, 6.45) is 0.421.